The van der Waals surface area contributed by atoms with Crippen molar-refractivity contribution in [3.8, 4) is 5.75 Å². The summed E-state index contributed by atoms with van der Waals surface area (Å²) in [5.41, 5.74) is 6.25. The Labute approximate surface area is 111 Å². The number of hydrogen-bond donors (Lipinski definition) is 2. The minimum absolute atomic E-state index is 0.113. The van der Waals surface area contributed by atoms with Crippen LogP contribution >= 0.6 is 11.6 Å². The summed E-state index contributed by atoms with van der Waals surface area (Å²) >= 11 is 5.89. The first-order chi connectivity index (χ1) is 8.60. The summed E-state index contributed by atoms with van der Waals surface area (Å²) in [6.07, 6.45) is 2.16. The predicted octanol–water partition coefficient (Wildman–Crippen LogP) is 1.82. The first kappa shape index (κ1) is 13.2. The summed E-state index contributed by atoms with van der Waals surface area (Å²) in [5.74, 6) is 0.351. The molecule has 3 N–H and O–H groups in total. The highest BCUT2D eigenvalue weighted by atomic mass is 35.5. The van der Waals surface area contributed by atoms with Crippen LogP contribution in [-0.2, 0) is 0 Å². The van der Waals surface area contributed by atoms with Crippen LogP contribution in [0.4, 0.5) is 0 Å². The fourth-order valence-electron chi connectivity index (χ4n) is 1.85. The van der Waals surface area contributed by atoms with Crippen LogP contribution in [0.2, 0.25) is 5.02 Å². The third-order valence-electron chi connectivity index (χ3n) is 3.42. The maximum Gasteiger partial charge on any atom is 0.255 e. The van der Waals surface area contributed by atoms with Crippen molar-refractivity contribution < 1.29 is 9.53 Å². The van der Waals surface area contributed by atoms with Crippen LogP contribution in [0, 0.1) is 5.41 Å². The number of carbonyl (C=O) groups excluding carboxylic acids is 1. The minimum Gasteiger partial charge on any atom is -0.496 e. The van der Waals surface area contributed by atoms with Gasteiger partial charge in [0, 0.05) is 17.0 Å². The van der Waals surface area contributed by atoms with Crippen LogP contribution in [0.5, 0.6) is 5.75 Å². The molecule has 5 heteroatoms. The molecule has 1 amide bonds. The molecule has 1 aliphatic rings. The lowest BCUT2D eigenvalue weighted by Gasteiger charge is -2.14. The second-order valence-corrected chi connectivity index (χ2v) is 5.17. The van der Waals surface area contributed by atoms with E-state index in [1.165, 1.54) is 7.11 Å². The van der Waals surface area contributed by atoms with Crippen molar-refractivity contribution in [3.63, 3.8) is 0 Å². The topological polar surface area (TPSA) is 64.3 Å². The molecule has 1 aliphatic carbocycles. The first-order valence-electron chi connectivity index (χ1n) is 5.92. The Morgan fingerprint density at radius 1 is 1.56 bits per heavy atom. The lowest BCUT2D eigenvalue weighted by Crippen LogP contribution is -2.34. The molecule has 0 bridgehead atoms. The average Bonchev–Trinajstić information content (AvgIpc) is 3.16. The summed E-state index contributed by atoms with van der Waals surface area (Å²) in [7, 11) is 1.53. The van der Waals surface area contributed by atoms with Crippen molar-refractivity contribution in [2.24, 2.45) is 11.1 Å². The van der Waals surface area contributed by atoms with Crippen molar-refractivity contribution in [1.82, 2.24) is 5.32 Å². The largest absolute Gasteiger partial charge is 0.496 e. The Morgan fingerprint density at radius 2 is 2.28 bits per heavy atom. The van der Waals surface area contributed by atoms with Gasteiger partial charge in [0.2, 0.25) is 0 Å². The molecule has 0 heterocycles. The maximum absolute atomic E-state index is 12.1. The fourth-order valence-corrected chi connectivity index (χ4v) is 2.02. The molecule has 0 aliphatic heterocycles. The van der Waals surface area contributed by atoms with Crippen LogP contribution in [-0.4, -0.2) is 26.1 Å². The number of ether oxygens (including phenoxy) is 1. The Kier molecular flexibility index (Phi) is 3.78. The van der Waals surface area contributed by atoms with Gasteiger partial charge in [-0.3, -0.25) is 4.79 Å². The van der Waals surface area contributed by atoms with Gasteiger partial charge in [0.25, 0.3) is 5.91 Å². The number of carbonyl (C=O) groups is 1. The monoisotopic (exact) mass is 268 g/mol. The quantitative estimate of drug-likeness (QED) is 0.856. The molecule has 0 spiro atoms. The highest BCUT2D eigenvalue weighted by Gasteiger charge is 2.41. The van der Waals surface area contributed by atoms with Crippen molar-refractivity contribution in [1.29, 1.82) is 0 Å². The Balaban J connectivity index is 2.06. The molecule has 4 nitrogen and oxygen atoms in total. The van der Waals surface area contributed by atoms with Gasteiger partial charge in [0.05, 0.1) is 12.7 Å². The summed E-state index contributed by atoms with van der Waals surface area (Å²) in [5, 5.41) is 3.41. The molecule has 0 radical (unpaired) electrons. The van der Waals surface area contributed by atoms with Gasteiger partial charge in [0.1, 0.15) is 5.75 Å². The second kappa shape index (κ2) is 5.16. The van der Waals surface area contributed by atoms with E-state index in [2.05, 4.69) is 5.32 Å². The number of rotatable bonds is 5. The molecule has 98 valence electrons. The predicted molar refractivity (Wildman–Crippen MR) is 71.1 cm³/mol. The van der Waals surface area contributed by atoms with E-state index >= 15 is 0 Å². The zero-order chi connectivity index (χ0) is 13.2. The third kappa shape index (κ3) is 2.76. The maximum atomic E-state index is 12.1. The zero-order valence-electron chi connectivity index (χ0n) is 10.3. The molecule has 1 fully saturated rings. The molecule has 18 heavy (non-hydrogen) atoms. The van der Waals surface area contributed by atoms with E-state index in [9.17, 15) is 4.79 Å². The van der Waals surface area contributed by atoms with Crippen molar-refractivity contribution >= 4 is 17.5 Å². The summed E-state index contributed by atoms with van der Waals surface area (Å²) < 4.78 is 5.15. The number of halogens is 1. The highest BCUT2D eigenvalue weighted by molar-refractivity contribution is 6.31. The average molecular weight is 269 g/mol. The summed E-state index contributed by atoms with van der Waals surface area (Å²) in [6.45, 7) is 1.22. The number of methoxy groups -OCH3 is 1. The van der Waals surface area contributed by atoms with Gasteiger partial charge in [-0.2, -0.15) is 0 Å². The van der Waals surface area contributed by atoms with Crippen molar-refractivity contribution in [2.45, 2.75) is 12.8 Å². The van der Waals surface area contributed by atoms with E-state index in [-0.39, 0.29) is 11.3 Å². The number of hydrogen-bond acceptors (Lipinski definition) is 3. The van der Waals surface area contributed by atoms with Gasteiger partial charge in [-0.25, -0.2) is 0 Å². The lowest BCUT2D eigenvalue weighted by molar-refractivity contribution is 0.0942. The minimum atomic E-state index is -0.172. The molecule has 1 saturated carbocycles. The number of benzene rings is 1. The molecular weight excluding hydrogens is 252 g/mol. The third-order valence-corrected chi connectivity index (χ3v) is 3.66. The van der Waals surface area contributed by atoms with Crippen LogP contribution in [0.3, 0.4) is 0 Å². The van der Waals surface area contributed by atoms with Gasteiger partial charge >= 0.3 is 0 Å². The van der Waals surface area contributed by atoms with Crippen molar-refractivity contribution in [3.05, 3.63) is 28.8 Å². The van der Waals surface area contributed by atoms with Gasteiger partial charge in [-0.05, 0) is 37.6 Å². The van der Waals surface area contributed by atoms with Crippen molar-refractivity contribution in [2.75, 3.05) is 20.2 Å². The molecule has 1 aromatic rings. The second-order valence-electron chi connectivity index (χ2n) is 4.73. The van der Waals surface area contributed by atoms with E-state index in [1.54, 1.807) is 18.2 Å². The van der Waals surface area contributed by atoms with Gasteiger partial charge < -0.3 is 15.8 Å². The van der Waals surface area contributed by atoms with Crippen LogP contribution in [0.25, 0.3) is 0 Å². The number of nitrogens with one attached hydrogen (secondary N) is 1. The number of amides is 1. The van der Waals surface area contributed by atoms with E-state index < -0.39 is 0 Å². The Hall–Kier alpha value is -1.26. The molecular formula is C13H17ClN2O2. The van der Waals surface area contributed by atoms with E-state index in [0.717, 1.165) is 12.8 Å². The van der Waals surface area contributed by atoms with Crippen LogP contribution < -0.4 is 15.8 Å². The SMILES string of the molecule is COc1ccc(Cl)cc1C(=O)NCC1(CN)CC1. The molecule has 0 unspecified atom stereocenters. The normalized spacial score (nSPS) is 16.2. The molecule has 0 atom stereocenters. The summed E-state index contributed by atoms with van der Waals surface area (Å²) in [4.78, 5) is 12.1. The fraction of sp³-hybridized carbons (Fsp3) is 0.462. The van der Waals surface area contributed by atoms with Gasteiger partial charge in [-0.15, -0.1) is 0 Å². The Bertz CT molecular complexity index is 458. The number of nitrogens with two attached hydrogens (primary N) is 1. The highest BCUT2D eigenvalue weighted by Crippen LogP contribution is 2.43. The first-order valence-corrected chi connectivity index (χ1v) is 6.30. The van der Waals surface area contributed by atoms with Gasteiger partial charge in [-0.1, -0.05) is 11.6 Å². The lowest BCUT2D eigenvalue weighted by atomic mass is 10.1. The standard InChI is InChI=1S/C13H17ClN2O2/c1-18-11-3-2-9(14)6-10(11)12(17)16-8-13(7-15)4-5-13/h2-3,6H,4-5,7-8,15H2,1H3,(H,16,17). The smallest absolute Gasteiger partial charge is 0.255 e. The molecule has 1 aromatic carbocycles. The van der Waals surface area contributed by atoms with E-state index in [0.29, 0.717) is 29.4 Å². The zero-order valence-corrected chi connectivity index (χ0v) is 11.1. The van der Waals surface area contributed by atoms with Gasteiger partial charge in [0.15, 0.2) is 0 Å². The van der Waals surface area contributed by atoms with E-state index in [1.807, 2.05) is 0 Å². The van der Waals surface area contributed by atoms with Crippen LogP contribution in [0.15, 0.2) is 18.2 Å². The van der Waals surface area contributed by atoms with Crippen LogP contribution in [0.1, 0.15) is 23.2 Å². The molecule has 0 saturated heterocycles. The summed E-state index contributed by atoms with van der Waals surface area (Å²) in [6, 6.07) is 4.99. The Morgan fingerprint density at radius 3 is 2.83 bits per heavy atom. The van der Waals surface area contributed by atoms with E-state index in [4.69, 9.17) is 22.1 Å². The molecule has 0 aromatic heterocycles. The molecule has 2 rings (SSSR count).